The van der Waals surface area contributed by atoms with E-state index in [0.29, 0.717) is 36.8 Å². The van der Waals surface area contributed by atoms with Gasteiger partial charge in [0.05, 0.1) is 16.8 Å². The lowest BCUT2D eigenvalue weighted by Gasteiger charge is -2.16. The number of hydrogen-bond acceptors (Lipinski definition) is 3. The van der Waals surface area contributed by atoms with Crippen LogP contribution in [0, 0.1) is 6.92 Å². The molecule has 0 atom stereocenters. The van der Waals surface area contributed by atoms with Gasteiger partial charge in [-0.3, -0.25) is 4.79 Å². The number of anilines is 1. The first kappa shape index (κ1) is 23.1. The van der Waals surface area contributed by atoms with Crippen LogP contribution in [0.15, 0.2) is 65.1 Å². The Hall–Kier alpha value is -3.05. The van der Waals surface area contributed by atoms with Crippen LogP contribution >= 0.6 is 15.9 Å². The fraction of sp³-hybridized carbons (Fsp3) is 0.250. The second-order valence-electron chi connectivity index (χ2n) is 8.07. The summed E-state index contributed by atoms with van der Waals surface area (Å²) >= 11 is 3.66. The van der Waals surface area contributed by atoms with E-state index in [1.807, 2.05) is 54.3 Å². The molecule has 1 aliphatic rings. The molecule has 1 amide bonds. The molecule has 170 valence electrons. The van der Waals surface area contributed by atoms with Crippen LogP contribution < -0.4 is 14.4 Å². The number of carbonyl (C=O) groups is 1. The number of aryl methyl sites for hydroxylation is 1. The number of ether oxygens (including phenoxy) is 2. The summed E-state index contributed by atoms with van der Waals surface area (Å²) in [7, 11) is 0. The third kappa shape index (κ3) is 4.98. The maximum absolute atomic E-state index is 13.2. The SMILES string of the molecule is CCCN1C(=O)/C(=C\c2cc(Br)c(OCc3ccc(C)cc3)c(OCC)c2)c2ccccc21. The molecular weight excluding hydrogens is 478 g/mol. The van der Waals surface area contributed by atoms with Gasteiger partial charge < -0.3 is 14.4 Å². The van der Waals surface area contributed by atoms with Gasteiger partial charge in [-0.05, 0) is 71.6 Å². The predicted molar refractivity (Wildman–Crippen MR) is 138 cm³/mol. The molecule has 0 saturated carbocycles. The van der Waals surface area contributed by atoms with E-state index in [1.54, 1.807) is 0 Å². The minimum absolute atomic E-state index is 0.0341. The molecule has 5 heteroatoms. The first-order chi connectivity index (χ1) is 16.0. The average molecular weight is 506 g/mol. The second-order valence-corrected chi connectivity index (χ2v) is 8.92. The number of halogens is 1. The number of carbonyl (C=O) groups excluding carboxylic acids is 1. The molecule has 0 N–H and O–H groups in total. The highest BCUT2D eigenvalue weighted by atomic mass is 79.9. The van der Waals surface area contributed by atoms with Gasteiger partial charge in [0.1, 0.15) is 6.61 Å². The van der Waals surface area contributed by atoms with E-state index < -0.39 is 0 Å². The summed E-state index contributed by atoms with van der Waals surface area (Å²) in [5.74, 6) is 1.34. The van der Waals surface area contributed by atoms with Crippen molar-refractivity contribution in [2.45, 2.75) is 33.8 Å². The average Bonchev–Trinajstić information content (AvgIpc) is 3.06. The lowest BCUT2D eigenvalue weighted by atomic mass is 10.0. The Labute approximate surface area is 204 Å². The molecule has 4 rings (SSSR count). The van der Waals surface area contributed by atoms with Gasteiger partial charge in [0.15, 0.2) is 11.5 Å². The molecule has 33 heavy (non-hydrogen) atoms. The van der Waals surface area contributed by atoms with Gasteiger partial charge in [0.25, 0.3) is 5.91 Å². The first-order valence-corrected chi connectivity index (χ1v) is 12.1. The molecule has 0 unspecified atom stereocenters. The van der Waals surface area contributed by atoms with Gasteiger partial charge in [-0.25, -0.2) is 0 Å². The molecule has 4 nitrogen and oxygen atoms in total. The Bertz CT molecular complexity index is 1180. The zero-order chi connectivity index (χ0) is 23.4. The van der Waals surface area contributed by atoms with E-state index in [4.69, 9.17) is 9.47 Å². The highest BCUT2D eigenvalue weighted by Gasteiger charge is 2.31. The Morgan fingerprint density at radius 2 is 1.76 bits per heavy atom. The van der Waals surface area contributed by atoms with E-state index in [-0.39, 0.29) is 5.91 Å². The Morgan fingerprint density at radius 1 is 1.00 bits per heavy atom. The first-order valence-electron chi connectivity index (χ1n) is 11.3. The summed E-state index contributed by atoms with van der Waals surface area (Å²) in [5, 5.41) is 0. The van der Waals surface area contributed by atoms with Crippen LogP contribution in [0.25, 0.3) is 11.6 Å². The molecule has 0 spiro atoms. The molecule has 3 aromatic carbocycles. The second kappa shape index (κ2) is 10.3. The molecule has 0 aliphatic carbocycles. The molecule has 1 aliphatic heterocycles. The highest BCUT2D eigenvalue weighted by Crippen LogP contribution is 2.41. The number of rotatable bonds is 8. The van der Waals surface area contributed by atoms with Crippen LogP contribution in [0.5, 0.6) is 11.5 Å². The largest absolute Gasteiger partial charge is 0.490 e. The van der Waals surface area contributed by atoms with Crippen LogP contribution in [0.3, 0.4) is 0 Å². The van der Waals surface area contributed by atoms with Crippen LogP contribution in [-0.4, -0.2) is 19.1 Å². The lowest BCUT2D eigenvalue weighted by molar-refractivity contribution is -0.113. The molecule has 3 aromatic rings. The summed E-state index contributed by atoms with van der Waals surface area (Å²) in [4.78, 5) is 15.1. The number of amides is 1. The Kier molecular flexibility index (Phi) is 7.19. The number of para-hydroxylation sites is 1. The van der Waals surface area contributed by atoms with Gasteiger partial charge in [-0.2, -0.15) is 0 Å². The van der Waals surface area contributed by atoms with Gasteiger partial charge in [0.2, 0.25) is 0 Å². The van der Waals surface area contributed by atoms with Crippen LogP contribution in [0.1, 0.15) is 42.5 Å². The molecule has 0 radical (unpaired) electrons. The van der Waals surface area contributed by atoms with Gasteiger partial charge in [0, 0.05) is 17.7 Å². The third-order valence-corrected chi connectivity index (χ3v) is 6.14. The maximum atomic E-state index is 13.2. The van der Waals surface area contributed by atoms with Crippen molar-refractivity contribution < 1.29 is 14.3 Å². The molecular formula is C28H28BrNO3. The van der Waals surface area contributed by atoms with Gasteiger partial charge in [-0.1, -0.05) is 55.0 Å². The molecule has 1 heterocycles. The van der Waals surface area contributed by atoms with Crippen molar-refractivity contribution in [3.8, 4) is 11.5 Å². The van der Waals surface area contributed by atoms with E-state index in [0.717, 1.165) is 33.3 Å². The van der Waals surface area contributed by atoms with Crippen LogP contribution in [0.4, 0.5) is 5.69 Å². The number of benzene rings is 3. The van der Waals surface area contributed by atoms with Crippen molar-refractivity contribution in [1.82, 2.24) is 0 Å². The summed E-state index contributed by atoms with van der Waals surface area (Å²) in [6.45, 7) is 7.75. The Morgan fingerprint density at radius 3 is 2.48 bits per heavy atom. The minimum atomic E-state index is 0.0341. The van der Waals surface area contributed by atoms with Crippen molar-refractivity contribution in [2.24, 2.45) is 0 Å². The quantitative estimate of drug-likeness (QED) is 0.308. The van der Waals surface area contributed by atoms with Crippen molar-refractivity contribution in [3.05, 3.63) is 87.4 Å². The summed E-state index contributed by atoms with van der Waals surface area (Å²) in [5.41, 5.74) is 5.81. The minimum Gasteiger partial charge on any atom is -0.490 e. The summed E-state index contributed by atoms with van der Waals surface area (Å²) in [6, 6.07) is 20.1. The third-order valence-electron chi connectivity index (χ3n) is 5.55. The molecule has 0 aromatic heterocycles. The van der Waals surface area contributed by atoms with E-state index in [1.165, 1.54) is 5.56 Å². The molecule has 0 saturated heterocycles. The zero-order valence-corrected chi connectivity index (χ0v) is 20.8. The monoisotopic (exact) mass is 505 g/mol. The smallest absolute Gasteiger partial charge is 0.258 e. The summed E-state index contributed by atoms with van der Waals surface area (Å²) < 4.78 is 12.8. The predicted octanol–water partition coefficient (Wildman–Crippen LogP) is 7.03. The van der Waals surface area contributed by atoms with Crippen LogP contribution in [0.2, 0.25) is 0 Å². The van der Waals surface area contributed by atoms with Crippen molar-refractivity contribution in [1.29, 1.82) is 0 Å². The van der Waals surface area contributed by atoms with Crippen molar-refractivity contribution >= 4 is 39.2 Å². The fourth-order valence-corrected chi connectivity index (χ4v) is 4.55. The number of nitrogens with zero attached hydrogens (tertiary/aromatic N) is 1. The standard InChI is InChI=1S/C28H28BrNO3/c1-4-14-30-25-9-7-6-8-22(25)23(28(30)31)15-21-16-24(29)27(26(17-21)32-5-2)33-18-20-12-10-19(3)11-13-20/h6-13,15-17H,4-5,14,18H2,1-3H3/b23-15-. The topological polar surface area (TPSA) is 38.8 Å². The zero-order valence-electron chi connectivity index (χ0n) is 19.2. The van der Waals surface area contributed by atoms with Crippen molar-refractivity contribution in [2.75, 3.05) is 18.1 Å². The van der Waals surface area contributed by atoms with Crippen LogP contribution in [-0.2, 0) is 11.4 Å². The van der Waals surface area contributed by atoms with E-state index in [9.17, 15) is 4.79 Å². The summed E-state index contributed by atoms with van der Waals surface area (Å²) in [6.07, 6.45) is 2.84. The van der Waals surface area contributed by atoms with E-state index in [2.05, 4.69) is 54.0 Å². The molecule has 0 fully saturated rings. The Balaban J connectivity index is 1.67. The number of fused-ring (bicyclic) bond motifs is 1. The lowest BCUT2D eigenvalue weighted by Crippen LogP contribution is -2.26. The van der Waals surface area contributed by atoms with Crippen molar-refractivity contribution in [3.63, 3.8) is 0 Å². The van der Waals surface area contributed by atoms with Gasteiger partial charge in [-0.15, -0.1) is 0 Å². The normalized spacial score (nSPS) is 14.0. The fourth-order valence-electron chi connectivity index (χ4n) is 3.97. The molecule has 0 bridgehead atoms. The van der Waals surface area contributed by atoms with Gasteiger partial charge >= 0.3 is 0 Å². The van der Waals surface area contributed by atoms with E-state index >= 15 is 0 Å². The maximum Gasteiger partial charge on any atom is 0.258 e. The highest BCUT2D eigenvalue weighted by molar-refractivity contribution is 9.10. The number of hydrogen-bond donors (Lipinski definition) is 0.